The van der Waals surface area contributed by atoms with Gasteiger partial charge in [-0.1, -0.05) is 11.6 Å². The molecule has 0 aliphatic carbocycles. The molecule has 1 unspecified atom stereocenters. The maximum atomic E-state index is 6.18. The van der Waals surface area contributed by atoms with Crippen molar-refractivity contribution in [3.8, 4) is 5.75 Å². The van der Waals surface area contributed by atoms with Gasteiger partial charge in [0.2, 0.25) is 0 Å². The average Bonchev–Trinajstić information content (AvgIpc) is 3.17. The van der Waals surface area contributed by atoms with Crippen molar-refractivity contribution in [1.29, 1.82) is 0 Å². The number of anilines is 1. The molecule has 8 heteroatoms. The summed E-state index contributed by atoms with van der Waals surface area (Å²) >= 11 is 6.18. The third-order valence-corrected chi connectivity index (χ3v) is 5.29. The molecule has 0 amide bonds. The Morgan fingerprint density at radius 2 is 2.21 bits per heavy atom. The Bertz CT molecular complexity index is 832. The Kier molecular flexibility index (Phi) is 9.29. The highest BCUT2D eigenvalue weighted by Crippen LogP contribution is 2.33. The van der Waals surface area contributed by atoms with Crippen LogP contribution in [0.1, 0.15) is 17.5 Å². The number of ether oxygens (including phenoxy) is 1. The number of pyridine rings is 1. The fourth-order valence-corrected chi connectivity index (χ4v) is 3.66. The summed E-state index contributed by atoms with van der Waals surface area (Å²) in [4.78, 5) is 10.8. The third kappa shape index (κ3) is 6.37. The van der Waals surface area contributed by atoms with Crippen LogP contribution in [0.3, 0.4) is 0 Å². The molecule has 0 saturated carbocycles. The van der Waals surface area contributed by atoms with Crippen molar-refractivity contribution in [3.05, 3.63) is 52.8 Å². The Labute approximate surface area is 195 Å². The predicted octanol–water partition coefficient (Wildman–Crippen LogP) is 3.66. The molecule has 0 radical (unpaired) electrons. The van der Waals surface area contributed by atoms with Crippen molar-refractivity contribution in [2.24, 2.45) is 4.99 Å². The number of nitrogens with one attached hydrogen (secondary N) is 2. The Balaban J connectivity index is 0.00000300. The zero-order chi connectivity index (χ0) is 19.9. The number of hydrogen-bond acceptors (Lipinski definition) is 4. The zero-order valence-corrected chi connectivity index (χ0v) is 20.2. The van der Waals surface area contributed by atoms with Crippen LogP contribution in [0.15, 0.2) is 41.7 Å². The number of benzene rings is 1. The molecule has 2 N–H and O–H groups in total. The van der Waals surface area contributed by atoms with Crippen molar-refractivity contribution in [2.75, 3.05) is 38.7 Å². The smallest absolute Gasteiger partial charge is 0.191 e. The minimum atomic E-state index is 0. The molecule has 1 aliphatic heterocycles. The molecule has 1 atom stereocenters. The van der Waals surface area contributed by atoms with Gasteiger partial charge in [-0.2, -0.15) is 0 Å². The van der Waals surface area contributed by atoms with Gasteiger partial charge in [-0.3, -0.25) is 9.98 Å². The highest BCUT2D eigenvalue weighted by atomic mass is 127. The Morgan fingerprint density at radius 3 is 2.93 bits per heavy atom. The van der Waals surface area contributed by atoms with Crippen molar-refractivity contribution in [2.45, 2.75) is 25.8 Å². The predicted molar refractivity (Wildman–Crippen MR) is 131 cm³/mol. The molecule has 1 saturated heterocycles. The quantitative estimate of drug-likeness (QED) is 0.340. The first-order chi connectivity index (χ1) is 13.6. The molecule has 6 nitrogen and oxygen atoms in total. The van der Waals surface area contributed by atoms with Gasteiger partial charge < -0.3 is 20.3 Å². The molecule has 3 rings (SSSR count). The second-order valence-corrected chi connectivity index (χ2v) is 7.38. The van der Waals surface area contributed by atoms with Crippen LogP contribution in [0.4, 0.5) is 5.69 Å². The largest absolute Gasteiger partial charge is 0.495 e. The number of aromatic nitrogens is 1. The van der Waals surface area contributed by atoms with Gasteiger partial charge in [0.05, 0.1) is 12.8 Å². The lowest BCUT2D eigenvalue weighted by Gasteiger charge is -2.22. The van der Waals surface area contributed by atoms with Crippen molar-refractivity contribution in [1.82, 2.24) is 15.6 Å². The average molecular weight is 530 g/mol. The molecule has 158 valence electrons. The first-order valence-corrected chi connectivity index (χ1v) is 9.93. The van der Waals surface area contributed by atoms with E-state index in [9.17, 15) is 0 Å². The lowest BCUT2D eigenvalue weighted by molar-refractivity contribution is 0.415. The zero-order valence-electron chi connectivity index (χ0n) is 17.1. The van der Waals surface area contributed by atoms with Crippen LogP contribution in [0.2, 0.25) is 5.02 Å². The van der Waals surface area contributed by atoms with E-state index in [1.165, 1.54) is 11.1 Å². The fraction of sp³-hybridized carbons (Fsp3) is 0.429. The molecule has 0 spiro atoms. The Morgan fingerprint density at radius 1 is 1.38 bits per heavy atom. The summed E-state index contributed by atoms with van der Waals surface area (Å²) in [5.74, 6) is 1.68. The van der Waals surface area contributed by atoms with Gasteiger partial charge in [0.1, 0.15) is 5.75 Å². The normalized spacial score (nSPS) is 16.3. The first kappa shape index (κ1) is 23.5. The van der Waals surface area contributed by atoms with Crippen LogP contribution in [0.25, 0.3) is 0 Å². The third-order valence-electron chi connectivity index (χ3n) is 5.06. The number of nitrogens with zero attached hydrogens (tertiary/aromatic N) is 3. The van der Waals surface area contributed by atoms with E-state index in [0.29, 0.717) is 6.04 Å². The standard InChI is InChI=1S/C21H28ClN5O.HI/c1-15-13-24-9-6-16(15)7-10-25-21(23-2)26-18-8-11-27(14-18)19-12-17(22)4-5-20(19)28-3;/h4-6,9,12-13,18H,7-8,10-11,14H2,1-3H3,(H2,23,25,26);1H. The molecule has 1 fully saturated rings. The van der Waals surface area contributed by atoms with E-state index in [2.05, 4.69) is 38.5 Å². The summed E-state index contributed by atoms with van der Waals surface area (Å²) in [6.45, 7) is 4.73. The van der Waals surface area contributed by atoms with Crippen molar-refractivity contribution >= 4 is 47.2 Å². The summed E-state index contributed by atoms with van der Waals surface area (Å²) in [6.07, 6.45) is 5.71. The van der Waals surface area contributed by atoms with Gasteiger partial charge in [0, 0.05) is 50.1 Å². The van der Waals surface area contributed by atoms with Crippen LogP contribution in [0.5, 0.6) is 5.75 Å². The summed E-state index contributed by atoms with van der Waals surface area (Å²) < 4.78 is 5.49. The summed E-state index contributed by atoms with van der Waals surface area (Å²) in [5, 5.41) is 7.66. The van der Waals surface area contributed by atoms with Crippen molar-refractivity contribution in [3.63, 3.8) is 0 Å². The van der Waals surface area contributed by atoms with Crippen LogP contribution in [-0.4, -0.2) is 50.8 Å². The molecule has 1 aromatic carbocycles. The topological polar surface area (TPSA) is 61.8 Å². The van der Waals surface area contributed by atoms with E-state index in [1.807, 2.05) is 30.6 Å². The number of aliphatic imine (C=N–C) groups is 1. The number of hydrogen-bond donors (Lipinski definition) is 2. The summed E-state index contributed by atoms with van der Waals surface area (Å²) in [6, 6.07) is 8.12. The van der Waals surface area contributed by atoms with E-state index < -0.39 is 0 Å². The second-order valence-electron chi connectivity index (χ2n) is 6.94. The van der Waals surface area contributed by atoms with Gasteiger partial charge in [-0.05, 0) is 55.2 Å². The van der Waals surface area contributed by atoms with Gasteiger partial charge in [-0.25, -0.2) is 0 Å². The molecule has 1 aromatic heterocycles. The Hall–Kier alpha value is -1.74. The molecule has 0 bridgehead atoms. The van der Waals surface area contributed by atoms with E-state index in [0.717, 1.165) is 54.9 Å². The second kappa shape index (κ2) is 11.4. The fourth-order valence-electron chi connectivity index (χ4n) is 3.49. The lowest BCUT2D eigenvalue weighted by atomic mass is 10.1. The van der Waals surface area contributed by atoms with Gasteiger partial charge in [0.15, 0.2) is 5.96 Å². The molecular weight excluding hydrogens is 501 g/mol. The van der Waals surface area contributed by atoms with Gasteiger partial charge in [-0.15, -0.1) is 24.0 Å². The monoisotopic (exact) mass is 529 g/mol. The van der Waals surface area contributed by atoms with Crippen LogP contribution < -0.4 is 20.3 Å². The first-order valence-electron chi connectivity index (χ1n) is 9.56. The van der Waals surface area contributed by atoms with Crippen LogP contribution in [-0.2, 0) is 6.42 Å². The number of methoxy groups -OCH3 is 1. The van der Waals surface area contributed by atoms with Gasteiger partial charge in [0.25, 0.3) is 0 Å². The van der Waals surface area contributed by atoms with E-state index in [4.69, 9.17) is 16.3 Å². The maximum Gasteiger partial charge on any atom is 0.191 e. The van der Waals surface area contributed by atoms with Crippen LogP contribution >= 0.6 is 35.6 Å². The minimum absolute atomic E-state index is 0. The number of rotatable bonds is 6. The van der Waals surface area contributed by atoms with E-state index in [1.54, 1.807) is 14.2 Å². The van der Waals surface area contributed by atoms with E-state index in [-0.39, 0.29) is 24.0 Å². The highest BCUT2D eigenvalue weighted by Gasteiger charge is 2.25. The summed E-state index contributed by atoms with van der Waals surface area (Å²) in [7, 11) is 3.49. The minimum Gasteiger partial charge on any atom is -0.495 e. The molecule has 1 aliphatic rings. The van der Waals surface area contributed by atoms with Gasteiger partial charge >= 0.3 is 0 Å². The number of aryl methyl sites for hydroxylation is 1. The molecule has 29 heavy (non-hydrogen) atoms. The molecule has 2 heterocycles. The SMILES string of the molecule is CN=C(NCCc1ccncc1C)NC1CCN(c2cc(Cl)ccc2OC)C1.I. The van der Waals surface area contributed by atoms with E-state index >= 15 is 0 Å². The number of guanidine groups is 1. The summed E-state index contributed by atoms with van der Waals surface area (Å²) in [5.41, 5.74) is 3.56. The lowest BCUT2D eigenvalue weighted by Crippen LogP contribution is -2.45. The molecular formula is C21H29ClIN5O. The van der Waals surface area contributed by atoms with Crippen LogP contribution in [0, 0.1) is 6.92 Å². The molecule has 2 aromatic rings. The maximum absolute atomic E-state index is 6.18. The van der Waals surface area contributed by atoms with Crippen molar-refractivity contribution < 1.29 is 4.74 Å². The number of halogens is 2. The highest BCUT2D eigenvalue weighted by molar-refractivity contribution is 14.0.